The number of methoxy groups -OCH3 is 1. The summed E-state index contributed by atoms with van der Waals surface area (Å²) < 4.78 is 16.1. The molecule has 0 saturated carbocycles. The van der Waals surface area contributed by atoms with E-state index in [2.05, 4.69) is 5.32 Å². The number of fused-ring (bicyclic) bond motifs is 1. The zero-order chi connectivity index (χ0) is 11.4. The van der Waals surface area contributed by atoms with E-state index in [-0.39, 0.29) is 0 Å². The average Bonchev–Trinajstić information content (AvgIpc) is 2.35. The van der Waals surface area contributed by atoms with Crippen molar-refractivity contribution in [2.24, 2.45) is 0 Å². The molecule has 0 amide bonds. The van der Waals surface area contributed by atoms with Crippen LogP contribution in [0.5, 0.6) is 11.5 Å². The van der Waals surface area contributed by atoms with E-state index in [0.29, 0.717) is 13.4 Å². The molecular weight excluding hydrogens is 206 g/mol. The van der Waals surface area contributed by atoms with Gasteiger partial charge in [-0.2, -0.15) is 0 Å². The van der Waals surface area contributed by atoms with Gasteiger partial charge in [0.25, 0.3) is 0 Å². The molecule has 0 spiro atoms. The highest BCUT2D eigenvalue weighted by Gasteiger charge is 2.18. The fraction of sp³-hybridized carbons (Fsp3) is 0.500. The smallest absolute Gasteiger partial charge is 0.189 e. The number of hydrogen-bond acceptors (Lipinski definition) is 4. The molecular formula is C12H17NO3. The van der Waals surface area contributed by atoms with E-state index in [0.717, 1.165) is 30.0 Å². The molecule has 0 fully saturated rings. The Kier molecular flexibility index (Phi) is 3.64. The third-order valence-corrected chi connectivity index (χ3v) is 2.73. The monoisotopic (exact) mass is 223 g/mol. The summed E-state index contributed by atoms with van der Waals surface area (Å²) in [4.78, 5) is 0. The van der Waals surface area contributed by atoms with E-state index in [1.807, 2.05) is 19.2 Å². The van der Waals surface area contributed by atoms with Gasteiger partial charge in [0.2, 0.25) is 0 Å². The summed E-state index contributed by atoms with van der Waals surface area (Å²) in [7, 11) is 3.63. The van der Waals surface area contributed by atoms with Crippen LogP contribution in [0.1, 0.15) is 11.1 Å². The molecule has 1 heterocycles. The molecule has 2 rings (SSSR count). The van der Waals surface area contributed by atoms with E-state index in [1.165, 1.54) is 5.56 Å². The van der Waals surface area contributed by atoms with Crippen molar-refractivity contribution in [2.75, 3.05) is 27.5 Å². The van der Waals surface area contributed by atoms with Crippen LogP contribution in [0.4, 0.5) is 0 Å². The van der Waals surface area contributed by atoms with Crippen molar-refractivity contribution in [3.63, 3.8) is 0 Å². The van der Waals surface area contributed by atoms with Crippen LogP contribution in [-0.4, -0.2) is 27.5 Å². The third-order valence-electron chi connectivity index (χ3n) is 2.73. The van der Waals surface area contributed by atoms with Gasteiger partial charge in [0, 0.05) is 11.1 Å². The maximum atomic E-state index is 5.45. The van der Waals surface area contributed by atoms with Crippen LogP contribution in [0.3, 0.4) is 0 Å². The number of hydrogen-bond donors (Lipinski definition) is 1. The molecule has 1 N–H and O–H groups in total. The van der Waals surface area contributed by atoms with Crippen LogP contribution in [0.25, 0.3) is 0 Å². The van der Waals surface area contributed by atoms with Crippen LogP contribution in [-0.2, 0) is 17.8 Å². The summed E-state index contributed by atoms with van der Waals surface area (Å²) in [5, 5.41) is 3.14. The molecule has 0 unspecified atom stereocenters. The summed E-state index contributed by atoms with van der Waals surface area (Å²) in [6.45, 7) is 1.85. The topological polar surface area (TPSA) is 39.7 Å². The number of nitrogens with one attached hydrogen (secondary N) is 1. The molecule has 88 valence electrons. The maximum Gasteiger partial charge on any atom is 0.189 e. The molecule has 1 aliphatic rings. The third kappa shape index (κ3) is 2.13. The largest absolute Gasteiger partial charge is 0.496 e. The summed E-state index contributed by atoms with van der Waals surface area (Å²) in [5.41, 5.74) is 2.29. The second kappa shape index (κ2) is 5.18. The van der Waals surface area contributed by atoms with Gasteiger partial charge in [-0.05, 0) is 32.1 Å². The molecule has 1 aliphatic heterocycles. The first kappa shape index (κ1) is 11.2. The van der Waals surface area contributed by atoms with Gasteiger partial charge >= 0.3 is 0 Å². The molecule has 0 radical (unpaired) electrons. The Morgan fingerprint density at radius 2 is 2.31 bits per heavy atom. The molecule has 0 aromatic heterocycles. The lowest BCUT2D eigenvalue weighted by atomic mass is 10.0. The van der Waals surface area contributed by atoms with Crippen LogP contribution in [0.15, 0.2) is 12.1 Å². The van der Waals surface area contributed by atoms with Crippen LogP contribution >= 0.6 is 0 Å². The number of ether oxygens (including phenoxy) is 3. The first-order chi connectivity index (χ1) is 7.86. The van der Waals surface area contributed by atoms with Crippen molar-refractivity contribution >= 4 is 0 Å². The highest BCUT2D eigenvalue weighted by atomic mass is 16.7. The predicted molar refractivity (Wildman–Crippen MR) is 60.9 cm³/mol. The summed E-state index contributed by atoms with van der Waals surface area (Å²) in [6, 6.07) is 3.90. The Morgan fingerprint density at radius 1 is 1.44 bits per heavy atom. The number of benzene rings is 1. The van der Waals surface area contributed by atoms with E-state index >= 15 is 0 Å². The van der Waals surface area contributed by atoms with Gasteiger partial charge in [-0.15, -0.1) is 0 Å². The van der Waals surface area contributed by atoms with Crippen molar-refractivity contribution in [1.29, 1.82) is 0 Å². The lowest BCUT2D eigenvalue weighted by Gasteiger charge is -2.22. The minimum Gasteiger partial charge on any atom is -0.496 e. The first-order valence-corrected chi connectivity index (χ1v) is 5.40. The van der Waals surface area contributed by atoms with E-state index in [4.69, 9.17) is 14.2 Å². The van der Waals surface area contributed by atoms with Crippen molar-refractivity contribution in [2.45, 2.75) is 13.0 Å². The average molecular weight is 223 g/mol. The second-order valence-electron chi connectivity index (χ2n) is 3.69. The molecule has 0 bridgehead atoms. The standard InChI is InChI=1S/C12H17NO3/c1-13-6-5-9-10-7-15-8-16-12(10)4-3-11(9)14-2/h3-4,13H,5-8H2,1-2H3. The van der Waals surface area contributed by atoms with Gasteiger partial charge in [-0.1, -0.05) is 0 Å². The molecule has 0 aliphatic carbocycles. The van der Waals surface area contributed by atoms with Crippen molar-refractivity contribution < 1.29 is 14.2 Å². The Bertz CT molecular complexity index is 366. The van der Waals surface area contributed by atoms with Crippen LogP contribution < -0.4 is 14.8 Å². The Labute approximate surface area is 95.5 Å². The minimum atomic E-state index is 0.338. The molecule has 4 heteroatoms. The maximum absolute atomic E-state index is 5.45. The molecule has 0 saturated heterocycles. The SMILES string of the molecule is CNCCc1c(OC)ccc2c1COCO2. The van der Waals surface area contributed by atoms with Gasteiger partial charge < -0.3 is 19.5 Å². The van der Waals surface area contributed by atoms with E-state index in [1.54, 1.807) is 7.11 Å². The minimum absolute atomic E-state index is 0.338. The van der Waals surface area contributed by atoms with Crippen molar-refractivity contribution in [3.05, 3.63) is 23.3 Å². The Balaban J connectivity index is 2.35. The van der Waals surface area contributed by atoms with Gasteiger partial charge in [-0.3, -0.25) is 0 Å². The quantitative estimate of drug-likeness (QED) is 0.835. The van der Waals surface area contributed by atoms with Gasteiger partial charge in [0.1, 0.15) is 11.5 Å². The van der Waals surface area contributed by atoms with Gasteiger partial charge in [0.15, 0.2) is 6.79 Å². The fourth-order valence-corrected chi connectivity index (χ4v) is 1.91. The first-order valence-electron chi connectivity index (χ1n) is 5.40. The summed E-state index contributed by atoms with van der Waals surface area (Å²) in [6.07, 6.45) is 0.912. The highest BCUT2D eigenvalue weighted by molar-refractivity contribution is 5.49. The molecule has 1 aromatic rings. The lowest BCUT2D eigenvalue weighted by molar-refractivity contribution is -0.0169. The molecule has 4 nitrogen and oxygen atoms in total. The summed E-state index contributed by atoms with van der Waals surface area (Å²) >= 11 is 0. The molecule has 0 atom stereocenters. The second-order valence-corrected chi connectivity index (χ2v) is 3.69. The molecule has 1 aromatic carbocycles. The zero-order valence-corrected chi connectivity index (χ0v) is 9.71. The summed E-state index contributed by atoms with van der Waals surface area (Å²) in [5.74, 6) is 1.82. The normalized spacial score (nSPS) is 14.1. The number of likely N-dealkylation sites (N-methyl/N-ethyl adjacent to an activating group) is 1. The van der Waals surface area contributed by atoms with Crippen molar-refractivity contribution in [1.82, 2.24) is 5.32 Å². The van der Waals surface area contributed by atoms with Gasteiger partial charge in [0.05, 0.1) is 13.7 Å². The highest BCUT2D eigenvalue weighted by Crippen LogP contribution is 2.33. The number of rotatable bonds is 4. The van der Waals surface area contributed by atoms with Crippen LogP contribution in [0, 0.1) is 0 Å². The Morgan fingerprint density at radius 3 is 3.06 bits per heavy atom. The van der Waals surface area contributed by atoms with E-state index in [9.17, 15) is 0 Å². The van der Waals surface area contributed by atoms with E-state index < -0.39 is 0 Å². The zero-order valence-electron chi connectivity index (χ0n) is 9.71. The predicted octanol–water partition coefficient (Wildman–Crippen LogP) is 1.32. The fourth-order valence-electron chi connectivity index (χ4n) is 1.91. The lowest BCUT2D eigenvalue weighted by Crippen LogP contribution is -2.17. The van der Waals surface area contributed by atoms with Crippen molar-refractivity contribution in [3.8, 4) is 11.5 Å². The van der Waals surface area contributed by atoms with Gasteiger partial charge in [-0.25, -0.2) is 0 Å². The Hall–Kier alpha value is -1.26. The molecule has 16 heavy (non-hydrogen) atoms. The van der Waals surface area contributed by atoms with Crippen LogP contribution in [0.2, 0.25) is 0 Å².